The molecule has 8 heteroatoms. The summed E-state index contributed by atoms with van der Waals surface area (Å²) in [5, 5.41) is 0.498. The van der Waals surface area contributed by atoms with Crippen LogP contribution < -0.4 is 0 Å². The Morgan fingerprint density at radius 2 is 1.62 bits per heavy atom. The van der Waals surface area contributed by atoms with Gasteiger partial charge in [-0.05, 0) is 37.1 Å². The topological polar surface area (TPSA) is 60.9 Å². The van der Waals surface area contributed by atoms with Gasteiger partial charge >= 0.3 is 0 Å². The summed E-state index contributed by atoms with van der Waals surface area (Å²) in [6, 6.07) is 7.81. The minimum absolute atomic E-state index is 0.0243. The summed E-state index contributed by atoms with van der Waals surface area (Å²) < 4.78 is 29.1. The first-order chi connectivity index (χ1) is 13.8. The Kier molecular flexibility index (Phi) is 7.64. The number of hydrogen-bond donors (Lipinski definition) is 0. The monoisotopic (exact) mass is 439 g/mol. The van der Waals surface area contributed by atoms with Crippen LogP contribution in [-0.2, 0) is 10.2 Å². The second-order valence-corrected chi connectivity index (χ2v) is 11.8. The summed E-state index contributed by atoms with van der Waals surface area (Å²) in [6.07, 6.45) is 5.28. The molecule has 1 aromatic rings. The zero-order chi connectivity index (χ0) is 21.0. The highest BCUT2D eigenvalue weighted by Gasteiger charge is 2.35. The molecule has 162 valence electrons. The van der Waals surface area contributed by atoms with Gasteiger partial charge < -0.3 is 4.90 Å². The normalized spacial score (nSPS) is 19.8. The van der Waals surface area contributed by atoms with Gasteiger partial charge in [0, 0.05) is 55.0 Å². The molecule has 0 unspecified atom stereocenters. The molecule has 0 atom stereocenters. The molecule has 0 aromatic heterocycles. The summed E-state index contributed by atoms with van der Waals surface area (Å²) in [7, 11) is -1.76. The molecule has 1 aliphatic carbocycles. The van der Waals surface area contributed by atoms with Crippen molar-refractivity contribution in [2.45, 2.75) is 62.1 Å². The van der Waals surface area contributed by atoms with E-state index in [4.69, 9.17) is 0 Å². The lowest BCUT2D eigenvalue weighted by Crippen LogP contribution is -2.55. The number of thioether (sulfide) groups is 1. The summed E-state index contributed by atoms with van der Waals surface area (Å²) in [6.45, 7) is 5.85. The molecule has 0 N–H and O–H groups in total. The van der Waals surface area contributed by atoms with Crippen molar-refractivity contribution in [2.75, 3.05) is 33.2 Å². The Bertz CT molecular complexity index is 782. The second kappa shape index (κ2) is 9.81. The van der Waals surface area contributed by atoms with E-state index in [0.717, 1.165) is 30.6 Å². The minimum atomic E-state index is -3.47. The average molecular weight is 440 g/mol. The average Bonchev–Trinajstić information content (AvgIpc) is 2.73. The van der Waals surface area contributed by atoms with E-state index in [1.807, 2.05) is 24.3 Å². The third-order valence-electron chi connectivity index (χ3n) is 5.78. The first-order valence-electron chi connectivity index (χ1n) is 10.6. The highest BCUT2D eigenvalue weighted by molar-refractivity contribution is 7.99. The lowest BCUT2D eigenvalue weighted by molar-refractivity contribution is 0.0693. The molecular formula is C21H33N3O3S2. The number of nitrogens with zero attached hydrogens (tertiary/aromatic N) is 3. The Labute approximate surface area is 179 Å². The Balaban J connectivity index is 1.57. The summed E-state index contributed by atoms with van der Waals surface area (Å²) in [5.41, 5.74) is 0.661. The molecule has 1 aliphatic heterocycles. The van der Waals surface area contributed by atoms with E-state index in [9.17, 15) is 13.2 Å². The molecule has 6 nitrogen and oxygen atoms in total. The molecule has 1 heterocycles. The van der Waals surface area contributed by atoms with Crippen LogP contribution in [0.4, 0.5) is 0 Å². The Morgan fingerprint density at radius 3 is 2.17 bits per heavy atom. The smallest absolute Gasteiger partial charge is 0.282 e. The first kappa shape index (κ1) is 22.6. The first-order valence-corrected chi connectivity index (χ1v) is 12.9. The molecule has 29 heavy (non-hydrogen) atoms. The number of piperazine rings is 1. The molecular weight excluding hydrogens is 406 g/mol. The molecule has 3 rings (SSSR count). The van der Waals surface area contributed by atoms with Gasteiger partial charge in [-0.3, -0.25) is 4.79 Å². The molecule has 2 aliphatic rings. The molecule has 0 spiro atoms. The van der Waals surface area contributed by atoms with Gasteiger partial charge in [-0.1, -0.05) is 33.1 Å². The van der Waals surface area contributed by atoms with E-state index in [2.05, 4.69) is 13.8 Å². The lowest BCUT2D eigenvalue weighted by atomic mass is 9.96. The maximum Gasteiger partial charge on any atom is 0.282 e. The zero-order valence-electron chi connectivity index (χ0n) is 17.7. The minimum Gasteiger partial charge on any atom is -0.336 e. The van der Waals surface area contributed by atoms with Crippen molar-refractivity contribution >= 4 is 27.9 Å². The zero-order valence-corrected chi connectivity index (χ0v) is 19.3. The van der Waals surface area contributed by atoms with Crippen LogP contribution >= 0.6 is 11.8 Å². The summed E-state index contributed by atoms with van der Waals surface area (Å²) >= 11 is 1.77. The number of hydrogen-bond acceptors (Lipinski definition) is 4. The van der Waals surface area contributed by atoms with E-state index < -0.39 is 10.2 Å². The van der Waals surface area contributed by atoms with Crippen LogP contribution in [0.3, 0.4) is 0 Å². The van der Waals surface area contributed by atoms with Crippen molar-refractivity contribution in [3.8, 4) is 0 Å². The van der Waals surface area contributed by atoms with Crippen LogP contribution in [0.25, 0.3) is 0 Å². The van der Waals surface area contributed by atoms with Crippen molar-refractivity contribution in [1.82, 2.24) is 13.5 Å². The number of rotatable bonds is 6. The number of carbonyl (C=O) groups excluding carboxylic acids is 1. The fourth-order valence-electron chi connectivity index (χ4n) is 4.07. The number of carbonyl (C=O) groups is 1. The van der Waals surface area contributed by atoms with Crippen molar-refractivity contribution in [1.29, 1.82) is 0 Å². The third kappa shape index (κ3) is 5.54. The van der Waals surface area contributed by atoms with Gasteiger partial charge in [-0.25, -0.2) is 0 Å². The van der Waals surface area contributed by atoms with E-state index in [1.165, 1.54) is 10.7 Å². The van der Waals surface area contributed by atoms with Crippen LogP contribution in [-0.4, -0.2) is 72.4 Å². The van der Waals surface area contributed by atoms with Gasteiger partial charge in [0.15, 0.2) is 0 Å². The van der Waals surface area contributed by atoms with Crippen molar-refractivity contribution in [3.05, 3.63) is 29.8 Å². The molecule has 1 aromatic carbocycles. The van der Waals surface area contributed by atoms with Crippen LogP contribution in [0.1, 0.15) is 56.3 Å². The maximum atomic E-state index is 13.0. The van der Waals surface area contributed by atoms with Crippen LogP contribution in [0, 0.1) is 0 Å². The van der Waals surface area contributed by atoms with Crippen molar-refractivity contribution in [2.24, 2.45) is 0 Å². The Morgan fingerprint density at radius 1 is 1.03 bits per heavy atom. The number of benzene rings is 1. The molecule has 1 saturated carbocycles. The molecule has 1 amide bonds. The van der Waals surface area contributed by atoms with Crippen molar-refractivity contribution in [3.63, 3.8) is 0 Å². The molecule has 1 saturated heterocycles. The van der Waals surface area contributed by atoms with Crippen LogP contribution in [0.15, 0.2) is 29.2 Å². The predicted molar refractivity (Wildman–Crippen MR) is 118 cm³/mol. The fraction of sp³-hybridized carbons (Fsp3) is 0.667. The number of amides is 1. The van der Waals surface area contributed by atoms with Gasteiger partial charge in [-0.2, -0.15) is 17.0 Å². The quantitative estimate of drug-likeness (QED) is 0.637. The molecule has 0 bridgehead atoms. The van der Waals surface area contributed by atoms with Crippen LogP contribution in [0.2, 0.25) is 0 Å². The van der Waals surface area contributed by atoms with Gasteiger partial charge in [0.1, 0.15) is 0 Å². The standard InChI is InChI=1S/C21H33N3O3S2/c1-17(2)28-20-11-9-18(10-12-20)21(25)23-13-15-24(16-14-23)29(26,27)22(3)19-7-5-4-6-8-19/h9-12,17,19H,4-8,13-16H2,1-3H3. The molecule has 0 radical (unpaired) electrons. The van der Waals surface area contributed by atoms with Gasteiger partial charge in [0.25, 0.3) is 16.1 Å². The Hall–Kier alpha value is -1.09. The third-order valence-corrected chi connectivity index (χ3v) is 8.84. The van der Waals surface area contributed by atoms with Gasteiger partial charge in [-0.15, -0.1) is 11.8 Å². The summed E-state index contributed by atoms with van der Waals surface area (Å²) in [4.78, 5) is 15.7. The van der Waals surface area contributed by atoms with Gasteiger partial charge in [0.05, 0.1) is 0 Å². The van der Waals surface area contributed by atoms with E-state index in [-0.39, 0.29) is 11.9 Å². The largest absolute Gasteiger partial charge is 0.336 e. The fourth-order valence-corrected chi connectivity index (χ4v) is 6.48. The van der Waals surface area contributed by atoms with Gasteiger partial charge in [0.2, 0.25) is 0 Å². The lowest BCUT2D eigenvalue weighted by Gasteiger charge is -2.38. The highest BCUT2D eigenvalue weighted by atomic mass is 32.2. The maximum absolute atomic E-state index is 13.0. The summed E-state index contributed by atoms with van der Waals surface area (Å²) in [5.74, 6) is -0.0243. The van der Waals surface area contributed by atoms with Crippen molar-refractivity contribution < 1.29 is 13.2 Å². The highest BCUT2D eigenvalue weighted by Crippen LogP contribution is 2.26. The van der Waals surface area contributed by atoms with E-state index in [0.29, 0.717) is 37.0 Å². The van der Waals surface area contributed by atoms with E-state index >= 15 is 0 Å². The predicted octanol–water partition coefficient (Wildman–Crippen LogP) is 3.45. The molecule has 2 fully saturated rings. The van der Waals surface area contributed by atoms with E-state index in [1.54, 1.807) is 28.0 Å². The van der Waals surface area contributed by atoms with Crippen LogP contribution in [0.5, 0.6) is 0 Å². The second-order valence-electron chi connectivity index (χ2n) is 8.20. The SMILES string of the molecule is CC(C)Sc1ccc(C(=O)N2CCN(S(=O)(=O)N(C)C3CCCCC3)CC2)cc1.